The number of piperidine rings is 1. The molecule has 0 aliphatic carbocycles. The molecule has 0 saturated carbocycles. The minimum absolute atomic E-state index is 0.0591. The van der Waals surface area contributed by atoms with Crippen molar-refractivity contribution in [2.24, 2.45) is 5.92 Å². The molecule has 102 valence electrons. The van der Waals surface area contributed by atoms with Crippen molar-refractivity contribution < 1.29 is 14.5 Å². The maximum absolute atomic E-state index is 11.7. The smallest absolute Gasteiger partial charge is 0.311 e. The third-order valence-electron chi connectivity index (χ3n) is 3.32. The lowest BCUT2D eigenvalue weighted by Gasteiger charge is -2.21. The summed E-state index contributed by atoms with van der Waals surface area (Å²) in [6.45, 7) is 1.36. The van der Waals surface area contributed by atoms with Crippen molar-refractivity contribution in [3.8, 4) is 5.75 Å². The van der Waals surface area contributed by atoms with Crippen molar-refractivity contribution >= 4 is 11.5 Å². The lowest BCUT2D eigenvalue weighted by molar-refractivity contribution is -0.385. The highest BCUT2D eigenvalue weighted by molar-refractivity contribution is 5.82. The van der Waals surface area contributed by atoms with Gasteiger partial charge >= 0.3 is 5.69 Å². The molecule has 1 aliphatic rings. The zero-order valence-corrected chi connectivity index (χ0v) is 10.7. The summed E-state index contributed by atoms with van der Waals surface area (Å²) in [6.07, 6.45) is 1.06. The Morgan fingerprint density at radius 1 is 1.53 bits per heavy atom. The van der Waals surface area contributed by atoms with E-state index in [-0.39, 0.29) is 23.1 Å². The Labute approximate surface area is 110 Å². The zero-order chi connectivity index (χ0) is 13.8. The number of hydrogen-bond donors (Lipinski definition) is 1. The van der Waals surface area contributed by atoms with Gasteiger partial charge in [0.2, 0.25) is 0 Å². The van der Waals surface area contributed by atoms with E-state index >= 15 is 0 Å². The van der Waals surface area contributed by atoms with E-state index in [0.717, 1.165) is 12.1 Å². The average Bonchev–Trinajstić information content (AvgIpc) is 2.41. The van der Waals surface area contributed by atoms with Crippen LogP contribution in [-0.2, 0) is 11.2 Å². The van der Waals surface area contributed by atoms with Crippen LogP contribution in [-0.4, -0.2) is 30.9 Å². The molecule has 6 nitrogen and oxygen atoms in total. The molecule has 0 aromatic heterocycles. The number of Topliss-reactive ketones (excluding diaryl/α,β-unsaturated/α-hetero) is 1. The quantitative estimate of drug-likeness (QED) is 0.655. The van der Waals surface area contributed by atoms with E-state index in [1.807, 2.05) is 0 Å². The summed E-state index contributed by atoms with van der Waals surface area (Å²) in [4.78, 5) is 22.2. The first-order valence-corrected chi connectivity index (χ1v) is 6.16. The Morgan fingerprint density at radius 2 is 2.32 bits per heavy atom. The third-order valence-corrected chi connectivity index (χ3v) is 3.32. The van der Waals surface area contributed by atoms with Crippen molar-refractivity contribution in [2.45, 2.75) is 12.8 Å². The van der Waals surface area contributed by atoms with E-state index < -0.39 is 4.92 Å². The van der Waals surface area contributed by atoms with Crippen LogP contribution >= 0.6 is 0 Å². The maximum Gasteiger partial charge on any atom is 0.311 e. The number of nitrogens with zero attached hydrogens (tertiary/aromatic N) is 1. The lowest BCUT2D eigenvalue weighted by Crippen LogP contribution is -2.37. The van der Waals surface area contributed by atoms with Gasteiger partial charge in [-0.2, -0.15) is 0 Å². The Morgan fingerprint density at radius 3 is 2.95 bits per heavy atom. The summed E-state index contributed by atoms with van der Waals surface area (Å²) >= 11 is 0. The maximum atomic E-state index is 11.7. The number of benzene rings is 1. The highest BCUT2D eigenvalue weighted by Gasteiger charge is 2.23. The summed E-state index contributed by atoms with van der Waals surface area (Å²) in [5, 5.41) is 14.1. The molecular weight excluding hydrogens is 248 g/mol. The Balaban J connectivity index is 2.18. The van der Waals surface area contributed by atoms with Crippen LogP contribution in [0.25, 0.3) is 0 Å². The first-order chi connectivity index (χ1) is 9.11. The molecule has 1 aromatic rings. The topological polar surface area (TPSA) is 81.5 Å². The van der Waals surface area contributed by atoms with Crippen LogP contribution < -0.4 is 10.1 Å². The van der Waals surface area contributed by atoms with Crippen LogP contribution in [0.4, 0.5) is 5.69 Å². The molecule has 6 heteroatoms. The number of nitro benzene ring substituents is 1. The molecular formula is C13H16N2O4. The van der Waals surface area contributed by atoms with Gasteiger partial charge in [0, 0.05) is 31.5 Å². The van der Waals surface area contributed by atoms with Gasteiger partial charge in [0.15, 0.2) is 5.75 Å². The van der Waals surface area contributed by atoms with E-state index in [1.54, 1.807) is 12.1 Å². The summed E-state index contributed by atoms with van der Waals surface area (Å²) in [7, 11) is 1.40. The van der Waals surface area contributed by atoms with Crippen LogP contribution in [0, 0.1) is 16.0 Å². The monoisotopic (exact) mass is 264 g/mol. The van der Waals surface area contributed by atoms with Crippen LogP contribution in [0.15, 0.2) is 18.2 Å². The first kappa shape index (κ1) is 13.5. The summed E-state index contributed by atoms with van der Waals surface area (Å²) < 4.78 is 4.95. The Bertz CT molecular complexity index is 501. The van der Waals surface area contributed by atoms with E-state index in [0.29, 0.717) is 19.4 Å². The van der Waals surface area contributed by atoms with Crippen molar-refractivity contribution in [2.75, 3.05) is 20.2 Å². The van der Waals surface area contributed by atoms with Crippen molar-refractivity contribution in [3.05, 3.63) is 33.9 Å². The van der Waals surface area contributed by atoms with Gasteiger partial charge in [-0.1, -0.05) is 6.07 Å². The second-order valence-electron chi connectivity index (χ2n) is 4.58. The average molecular weight is 264 g/mol. The minimum atomic E-state index is -0.469. The van der Waals surface area contributed by atoms with Crippen LogP contribution in [0.2, 0.25) is 0 Å². The number of carbonyl (C=O) groups is 1. The lowest BCUT2D eigenvalue weighted by atomic mass is 9.91. The van der Waals surface area contributed by atoms with Crippen molar-refractivity contribution in [1.29, 1.82) is 0 Å². The first-order valence-electron chi connectivity index (χ1n) is 6.16. The predicted octanol–water partition coefficient (Wildman–Crippen LogP) is 1.32. The van der Waals surface area contributed by atoms with Gasteiger partial charge in [-0.05, 0) is 18.1 Å². The number of nitro groups is 1. The molecule has 2 rings (SSSR count). The fourth-order valence-electron chi connectivity index (χ4n) is 2.28. The van der Waals surface area contributed by atoms with Gasteiger partial charge in [0.05, 0.1) is 12.0 Å². The number of methoxy groups -OCH3 is 1. The van der Waals surface area contributed by atoms with E-state index in [1.165, 1.54) is 13.2 Å². The van der Waals surface area contributed by atoms with Gasteiger partial charge in [-0.25, -0.2) is 0 Å². The molecule has 1 fully saturated rings. The molecule has 1 saturated heterocycles. The third kappa shape index (κ3) is 3.08. The number of rotatable bonds is 4. The molecule has 1 aromatic carbocycles. The molecule has 0 radical (unpaired) electrons. The molecule has 1 N–H and O–H groups in total. The second-order valence-corrected chi connectivity index (χ2v) is 4.58. The standard InChI is InChI=1S/C13H16N2O4/c1-19-13-3-2-9(7-11(13)15(17)18)6-10-8-14-5-4-12(10)16/h2-3,7,10,14H,4-6,8H2,1H3. The van der Waals surface area contributed by atoms with Gasteiger partial charge in [0.25, 0.3) is 0 Å². The van der Waals surface area contributed by atoms with Crippen LogP contribution in [0.3, 0.4) is 0 Å². The molecule has 19 heavy (non-hydrogen) atoms. The van der Waals surface area contributed by atoms with E-state index in [4.69, 9.17) is 4.74 Å². The number of carbonyl (C=O) groups excluding carboxylic acids is 1. The van der Waals surface area contributed by atoms with Gasteiger partial charge < -0.3 is 10.1 Å². The fraction of sp³-hybridized carbons (Fsp3) is 0.462. The largest absolute Gasteiger partial charge is 0.490 e. The number of ether oxygens (including phenoxy) is 1. The highest BCUT2D eigenvalue weighted by Crippen LogP contribution is 2.28. The molecule has 1 atom stereocenters. The van der Waals surface area contributed by atoms with Gasteiger partial charge in [-0.15, -0.1) is 0 Å². The molecule has 1 unspecified atom stereocenters. The molecule has 1 aliphatic heterocycles. The van der Waals surface area contributed by atoms with E-state index in [2.05, 4.69) is 5.32 Å². The second kappa shape index (κ2) is 5.79. The van der Waals surface area contributed by atoms with Gasteiger partial charge in [-0.3, -0.25) is 14.9 Å². The summed E-state index contributed by atoms with van der Waals surface area (Å²) in [5.74, 6) is 0.362. The molecule has 0 spiro atoms. The number of nitrogens with one attached hydrogen (secondary N) is 1. The molecule has 0 amide bonds. The molecule has 0 bridgehead atoms. The normalized spacial score (nSPS) is 19.2. The minimum Gasteiger partial charge on any atom is -0.490 e. The van der Waals surface area contributed by atoms with Crippen LogP contribution in [0.1, 0.15) is 12.0 Å². The Hall–Kier alpha value is -1.95. The predicted molar refractivity (Wildman–Crippen MR) is 69.3 cm³/mol. The van der Waals surface area contributed by atoms with Gasteiger partial charge in [0.1, 0.15) is 5.78 Å². The number of ketones is 1. The molecule has 1 heterocycles. The van der Waals surface area contributed by atoms with Crippen LogP contribution in [0.5, 0.6) is 5.75 Å². The van der Waals surface area contributed by atoms with E-state index in [9.17, 15) is 14.9 Å². The SMILES string of the molecule is COc1ccc(CC2CNCCC2=O)cc1[N+](=O)[O-]. The zero-order valence-electron chi connectivity index (χ0n) is 10.7. The summed E-state index contributed by atoms with van der Waals surface area (Å²) in [5.41, 5.74) is 0.728. The fourth-order valence-corrected chi connectivity index (χ4v) is 2.28. The number of hydrogen-bond acceptors (Lipinski definition) is 5. The highest BCUT2D eigenvalue weighted by atomic mass is 16.6. The van der Waals surface area contributed by atoms with Crippen molar-refractivity contribution in [1.82, 2.24) is 5.32 Å². The van der Waals surface area contributed by atoms with Crippen molar-refractivity contribution in [3.63, 3.8) is 0 Å². The Kier molecular flexibility index (Phi) is 4.11. The summed E-state index contributed by atoms with van der Waals surface area (Å²) in [6, 6.07) is 4.84.